The number of rotatable bonds is 5. The number of phenols is 1. The van der Waals surface area contributed by atoms with Crippen molar-refractivity contribution in [3.63, 3.8) is 0 Å². The summed E-state index contributed by atoms with van der Waals surface area (Å²) in [7, 11) is 1.49. The lowest BCUT2D eigenvalue weighted by Gasteiger charge is -2.16. The summed E-state index contributed by atoms with van der Waals surface area (Å²) in [5.41, 5.74) is 0.810. The highest BCUT2D eigenvalue weighted by Gasteiger charge is 2.10. The lowest BCUT2D eigenvalue weighted by Crippen LogP contribution is -1.99. The predicted molar refractivity (Wildman–Crippen MR) is 69.7 cm³/mol. The first-order valence-corrected chi connectivity index (χ1v) is 5.53. The van der Waals surface area contributed by atoms with E-state index >= 15 is 0 Å². The molecule has 0 saturated carbocycles. The molecule has 0 saturated heterocycles. The largest absolute Gasteiger partial charge is 0.508 e. The quantitative estimate of drug-likeness (QED) is 0.620. The van der Waals surface area contributed by atoms with Crippen LogP contribution in [0.15, 0.2) is 42.4 Å². The molecular weight excluding hydrogens is 232 g/mol. The highest BCUT2D eigenvalue weighted by atomic mass is 16.5. The van der Waals surface area contributed by atoms with Gasteiger partial charge >= 0.3 is 0 Å². The van der Waals surface area contributed by atoms with Crippen molar-refractivity contribution in [2.45, 2.75) is 20.0 Å². The number of aromatic hydroxyl groups is 1. The first kappa shape index (κ1) is 14.0. The van der Waals surface area contributed by atoms with Crippen molar-refractivity contribution in [1.29, 1.82) is 0 Å². The van der Waals surface area contributed by atoms with Crippen LogP contribution in [-0.4, -0.2) is 17.3 Å². The van der Waals surface area contributed by atoms with Gasteiger partial charge in [-0.2, -0.15) is 0 Å². The van der Waals surface area contributed by atoms with E-state index in [4.69, 9.17) is 14.6 Å². The van der Waals surface area contributed by atoms with Crippen LogP contribution in [0.1, 0.15) is 25.5 Å². The zero-order valence-electron chi connectivity index (χ0n) is 10.8. The summed E-state index contributed by atoms with van der Waals surface area (Å²) < 4.78 is 10.5. The van der Waals surface area contributed by atoms with Crippen molar-refractivity contribution >= 4 is 0 Å². The van der Waals surface area contributed by atoms with E-state index in [1.807, 2.05) is 13.0 Å². The number of hydrogen-bond acceptors (Lipinski definition) is 4. The molecule has 0 heterocycles. The number of aliphatic hydroxyl groups excluding tert-OH is 1. The number of aliphatic hydroxyl groups is 1. The number of methoxy groups -OCH3 is 1. The molecule has 0 radical (unpaired) electrons. The van der Waals surface area contributed by atoms with Crippen molar-refractivity contribution in [3.05, 3.63) is 47.9 Å². The molecule has 18 heavy (non-hydrogen) atoms. The summed E-state index contributed by atoms with van der Waals surface area (Å²) >= 11 is 0. The Bertz CT molecular complexity index is 463. The SMILES string of the molecule is C=C(O)/C=C(\C)OC(C)c1ccc(OC)c(O)c1. The fraction of sp³-hybridized carbons (Fsp3) is 0.286. The fourth-order valence-corrected chi connectivity index (χ4v) is 1.58. The van der Waals surface area contributed by atoms with Gasteiger partial charge in [0.2, 0.25) is 0 Å². The molecule has 4 heteroatoms. The second kappa shape index (κ2) is 6.00. The standard InChI is InChI=1S/C14H18O4/c1-9(15)7-10(2)18-11(3)12-5-6-14(17-4)13(16)8-12/h5-8,11,15-16H,1H2,2-4H3/b10-7+. The van der Waals surface area contributed by atoms with Crippen LogP contribution < -0.4 is 4.74 Å². The van der Waals surface area contributed by atoms with Crippen LogP contribution in [0, 0.1) is 0 Å². The summed E-state index contributed by atoms with van der Waals surface area (Å²) in [5.74, 6) is 0.975. The zero-order valence-corrected chi connectivity index (χ0v) is 10.8. The highest BCUT2D eigenvalue weighted by molar-refractivity contribution is 5.42. The Balaban J connectivity index is 2.81. The summed E-state index contributed by atoms with van der Waals surface area (Å²) in [6.45, 7) is 6.92. The maximum atomic E-state index is 9.67. The molecule has 1 aromatic rings. The molecule has 4 nitrogen and oxygen atoms in total. The van der Waals surface area contributed by atoms with E-state index in [9.17, 15) is 5.11 Å². The molecule has 2 N–H and O–H groups in total. The summed E-state index contributed by atoms with van der Waals surface area (Å²) in [6.07, 6.45) is 1.18. The van der Waals surface area contributed by atoms with Gasteiger partial charge in [-0.3, -0.25) is 0 Å². The van der Waals surface area contributed by atoms with Crippen LogP contribution in [0.25, 0.3) is 0 Å². The van der Waals surface area contributed by atoms with Crippen LogP contribution in [0.4, 0.5) is 0 Å². The van der Waals surface area contributed by atoms with E-state index < -0.39 is 0 Å². The van der Waals surface area contributed by atoms with Gasteiger partial charge in [0.15, 0.2) is 11.5 Å². The van der Waals surface area contributed by atoms with E-state index in [0.717, 1.165) is 5.56 Å². The molecule has 0 aliphatic carbocycles. The topological polar surface area (TPSA) is 58.9 Å². The molecular formula is C14H18O4. The van der Waals surface area contributed by atoms with Crippen LogP contribution in [0.3, 0.4) is 0 Å². The van der Waals surface area contributed by atoms with Crippen molar-refractivity contribution < 1.29 is 19.7 Å². The third-order valence-corrected chi connectivity index (χ3v) is 2.40. The smallest absolute Gasteiger partial charge is 0.160 e. The number of benzene rings is 1. The maximum Gasteiger partial charge on any atom is 0.160 e. The Labute approximate surface area is 107 Å². The summed E-state index contributed by atoms with van der Waals surface area (Å²) in [4.78, 5) is 0. The van der Waals surface area contributed by atoms with Gasteiger partial charge in [0.25, 0.3) is 0 Å². The monoisotopic (exact) mass is 250 g/mol. The van der Waals surface area contributed by atoms with Crippen LogP contribution in [0.5, 0.6) is 11.5 Å². The fourth-order valence-electron chi connectivity index (χ4n) is 1.58. The van der Waals surface area contributed by atoms with Gasteiger partial charge in [0.1, 0.15) is 11.9 Å². The Morgan fingerprint density at radius 1 is 1.44 bits per heavy atom. The third kappa shape index (κ3) is 3.73. The van der Waals surface area contributed by atoms with Crippen molar-refractivity contribution in [2.75, 3.05) is 7.11 Å². The van der Waals surface area contributed by atoms with Crippen molar-refractivity contribution in [2.24, 2.45) is 0 Å². The Morgan fingerprint density at radius 2 is 2.11 bits per heavy atom. The van der Waals surface area contributed by atoms with Gasteiger partial charge in [-0.15, -0.1) is 0 Å². The molecule has 0 aliphatic rings. The molecule has 0 aromatic heterocycles. The number of hydrogen-bond donors (Lipinski definition) is 2. The average Bonchev–Trinajstić information content (AvgIpc) is 2.27. The van der Waals surface area contributed by atoms with E-state index in [1.54, 1.807) is 19.1 Å². The Hall–Kier alpha value is -2.10. The van der Waals surface area contributed by atoms with E-state index in [0.29, 0.717) is 11.5 Å². The number of ether oxygens (including phenoxy) is 2. The zero-order chi connectivity index (χ0) is 13.7. The minimum atomic E-state index is -0.252. The van der Waals surface area contributed by atoms with Gasteiger partial charge in [0.05, 0.1) is 12.9 Å². The second-order valence-corrected chi connectivity index (χ2v) is 3.94. The minimum absolute atomic E-state index is 0.0581. The maximum absolute atomic E-state index is 9.67. The number of allylic oxidation sites excluding steroid dienone is 2. The van der Waals surface area contributed by atoms with Gasteiger partial charge in [-0.05, 0) is 31.5 Å². The Morgan fingerprint density at radius 3 is 2.61 bits per heavy atom. The average molecular weight is 250 g/mol. The lowest BCUT2D eigenvalue weighted by molar-refractivity contribution is 0.133. The molecule has 0 aliphatic heterocycles. The van der Waals surface area contributed by atoms with E-state index in [1.165, 1.54) is 13.2 Å². The Kier molecular flexibility index (Phi) is 4.66. The molecule has 1 aromatic carbocycles. The van der Waals surface area contributed by atoms with Crippen LogP contribution >= 0.6 is 0 Å². The van der Waals surface area contributed by atoms with Crippen molar-refractivity contribution in [1.82, 2.24) is 0 Å². The first-order valence-electron chi connectivity index (χ1n) is 5.53. The van der Waals surface area contributed by atoms with Gasteiger partial charge in [-0.25, -0.2) is 0 Å². The minimum Gasteiger partial charge on any atom is -0.508 e. The number of phenolic OH excluding ortho intramolecular Hbond substituents is 1. The molecule has 1 atom stereocenters. The molecule has 98 valence electrons. The normalized spacial score (nSPS) is 12.9. The molecule has 0 fully saturated rings. The van der Waals surface area contributed by atoms with E-state index in [2.05, 4.69) is 6.58 Å². The second-order valence-electron chi connectivity index (χ2n) is 3.94. The van der Waals surface area contributed by atoms with Gasteiger partial charge in [-0.1, -0.05) is 12.6 Å². The molecule has 0 bridgehead atoms. The molecule has 0 amide bonds. The molecule has 1 unspecified atom stereocenters. The van der Waals surface area contributed by atoms with Gasteiger partial charge < -0.3 is 19.7 Å². The van der Waals surface area contributed by atoms with E-state index in [-0.39, 0.29) is 17.6 Å². The lowest BCUT2D eigenvalue weighted by atomic mass is 10.1. The summed E-state index contributed by atoms with van der Waals surface area (Å²) in [5, 5.41) is 18.7. The highest BCUT2D eigenvalue weighted by Crippen LogP contribution is 2.30. The summed E-state index contributed by atoms with van der Waals surface area (Å²) in [6, 6.07) is 5.07. The molecule has 0 spiro atoms. The third-order valence-electron chi connectivity index (χ3n) is 2.40. The van der Waals surface area contributed by atoms with Crippen LogP contribution in [0.2, 0.25) is 0 Å². The van der Waals surface area contributed by atoms with Crippen molar-refractivity contribution in [3.8, 4) is 11.5 Å². The first-order chi connectivity index (χ1) is 8.43. The van der Waals surface area contributed by atoms with Crippen LogP contribution in [-0.2, 0) is 4.74 Å². The molecule has 1 rings (SSSR count). The predicted octanol–water partition coefficient (Wildman–Crippen LogP) is 3.45. The van der Waals surface area contributed by atoms with Gasteiger partial charge in [0, 0.05) is 6.08 Å².